The van der Waals surface area contributed by atoms with Gasteiger partial charge in [-0.15, -0.1) is 0 Å². The van der Waals surface area contributed by atoms with Gasteiger partial charge < -0.3 is 19.5 Å². The number of likely N-dealkylation sites (tertiary alicyclic amines) is 1. The molecule has 1 amide bonds. The number of benzene rings is 2. The third-order valence-electron chi connectivity index (χ3n) is 7.24. The number of ether oxygens (including phenoxy) is 2. The lowest BCUT2D eigenvalue weighted by atomic mass is 9.94. The number of carbonyl (C=O) groups excluding carboxylic acids is 2. The zero-order chi connectivity index (χ0) is 27.2. The summed E-state index contributed by atoms with van der Waals surface area (Å²) in [4.78, 5) is 34.6. The van der Waals surface area contributed by atoms with Crippen molar-refractivity contribution in [3.63, 3.8) is 0 Å². The molecular formula is C31H33N3O5. The lowest BCUT2D eigenvalue weighted by Gasteiger charge is -2.29. The number of hydrogen-bond donors (Lipinski definition) is 1. The van der Waals surface area contributed by atoms with Crippen LogP contribution in [0.1, 0.15) is 34.7 Å². The first-order valence-electron chi connectivity index (χ1n) is 13.3. The Morgan fingerprint density at radius 2 is 1.77 bits per heavy atom. The van der Waals surface area contributed by atoms with E-state index in [1.165, 1.54) is 0 Å². The minimum absolute atomic E-state index is 0.0960. The fraction of sp³-hybridized carbons (Fsp3) is 0.323. The van der Waals surface area contributed by atoms with Gasteiger partial charge >= 0.3 is 0 Å². The average molecular weight is 528 g/mol. The van der Waals surface area contributed by atoms with Crippen LogP contribution in [-0.4, -0.2) is 71.0 Å². The number of ketones is 1. The Balaban J connectivity index is 1.40. The molecule has 1 aromatic heterocycles. The summed E-state index contributed by atoms with van der Waals surface area (Å²) in [5, 5.41) is 11.5. The quantitative estimate of drug-likeness (QED) is 0.254. The van der Waals surface area contributed by atoms with Crippen LogP contribution in [0.15, 0.2) is 78.6 Å². The Bertz CT molecular complexity index is 1340. The highest BCUT2D eigenvalue weighted by Gasteiger charge is 2.46. The maximum atomic E-state index is 13.3. The summed E-state index contributed by atoms with van der Waals surface area (Å²) in [6.45, 7) is 6.60. The number of Topliss-reactive ketones (excluding diaryl/α,β-unsaturated/α-hetero) is 1. The highest BCUT2D eigenvalue weighted by molar-refractivity contribution is 6.46. The van der Waals surface area contributed by atoms with E-state index in [0.29, 0.717) is 44.1 Å². The highest BCUT2D eigenvalue weighted by Crippen LogP contribution is 2.40. The topological polar surface area (TPSA) is 92.2 Å². The summed E-state index contributed by atoms with van der Waals surface area (Å²) in [5.74, 6) is -0.801. The van der Waals surface area contributed by atoms with Crippen LogP contribution in [0, 0.1) is 6.92 Å². The maximum absolute atomic E-state index is 13.3. The van der Waals surface area contributed by atoms with Crippen molar-refractivity contribution in [1.82, 2.24) is 14.8 Å². The van der Waals surface area contributed by atoms with Gasteiger partial charge in [-0.2, -0.15) is 0 Å². The molecule has 2 aliphatic heterocycles. The molecule has 0 aliphatic carbocycles. The third-order valence-corrected chi connectivity index (χ3v) is 7.24. The Morgan fingerprint density at radius 3 is 2.49 bits per heavy atom. The smallest absolute Gasteiger partial charge is 0.295 e. The van der Waals surface area contributed by atoms with Gasteiger partial charge in [0, 0.05) is 44.1 Å². The van der Waals surface area contributed by atoms with Gasteiger partial charge in [-0.25, -0.2) is 0 Å². The number of amides is 1. The second-order valence-corrected chi connectivity index (χ2v) is 9.83. The van der Waals surface area contributed by atoms with Crippen LogP contribution in [0.25, 0.3) is 5.76 Å². The molecule has 0 saturated carbocycles. The molecule has 0 bridgehead atoms. The number of aryl methyl sites for hydroxylation is 1. The van der Waals surface area contributed by atoms with Crippen molar-refractivity contribution in [2.75, 3.05) is 39.4 Å². The number of aromatic nitrogens is 1. The molecule has 2 aliphatic rings. The van der Waals surface area contributed by atoms with Crippen molar-refractivity contribution in [2.24, 2.45) is 0 Å². The van der Waals surface area contributed by atoms with Gasteiger partial charge in [-0.3, -0.25) is 19.5 Å². The molecule has 202 valence electrons. The number of hydrogen-bond acceptors (Lipinski definition) is 7. The summed E-state index contributed by atoms with van der Waals surface area (Å²) in [6.07, 6.45) is 3.97. The molecule has 2 fully saturated rings. The van der Waals surface area contributed by atoms with E-state index in [2.05, 4.69) is 9.88 Å². The van der Waals surface area contributed by atoms with Crippen LogP contribution < -0.4 is 4.74 Å². The number of carbonyl (C=O) groups is 2. The van der Waals surface area contributed by atoms with Gasteiger partial charge in [0.1, 0.15) is 18.1 Å². The first kappa shape index (κ1) is 26.6. The normalized spacial score (nSPS) is 19.4. The minimum Gasteiger partial charge on any atom is -0.507 e. The van der Waals surface area contributed by atoms with Gasteiger partial charge in [-0.1, -0.05) is 30.3 Å². The van der Waals surface area contributed by atoms with Crippen molar-refractivity contribution >= 4 is 17.4 Å². The van der Waals surface area contributed by atoms with Crippen molar-refractivity contribution in [1.29, 1.82) is 0 Å². The second-order valence-electron chi connectivity index (χ2n) is 9.83. The summed E-state index contributed by atoms with van der Waals surface area (Å²) in [5.41, 5.74) is 3.11. The van der Waals surface area contributed by atoms with Gasteiger partial charge in [0.2, 0.25) is 0 Å². The van der Waals surface area contributed by atoms with Crippen molar-refractivity contribution in [3.05, 3.63) is 101 Å². The number of morpholine rings is 1. The Hall–Kier alpha value is -4.01. The molecule has 1 N–H and O–H groups in total. The number of aliphatic hydroxyl groups is 1. The zero-order valence-corrected chi connectivity index (χ0v) is 22.1. The van der Waals surface area contributed by atoms with Gasteiger partial charge in [-0.05, 0) is 60.4 Å². The first-order chi connectivity index (χ1) is 19.0. The van der Waals surface area contributed by atoms with Gasteiger partial charge in [0.15, 0.2) is 0 Å². The molecule has 3 aromatic rings. The predicted octanol–water partition coefficient (Wildman–Crippen LogP) is 4.11. The first-order valence-corrected chi connectivity index (χ1v) is 13.3. The third kappa shape index (κ3) is 6.02. The molecule has 0 radical (unpaired) electrons. The Labute approximate surface area is 228 Å². The van der Waals surface area contributed by atoms with E-state index in [4.69, 9.17) is 9.47 Å². The van der Waals surface area contributed by atoms with E-state index in [1.807, 2.05) is 43.3 Å². The van der Waals surface area contributed by atoms with Crippen molar-refractivity contribution in [3.8, 4) is 5.75 Å². The largest absolute Gasteiger partial charge is 0.507 e. The van der Waals surface area contributed by atoms with E-state index >= 15 is 0 Å². The molecule has 0 spiro atoms. The van der Waals surface area contributed by atoms with Crippen LogP contribution in [0.4, 0.5) is 0 Å². The average Bonchev–Trinajstić information content (AvgIpc) is 3.22. The van der Waals surface area contributed by atoms with Crippen LogP contribution in [0.3, 0.4) is 0 Å². The summed E-state index contributed by atoms with van der Waals surface area (Å²) in [7, 11) is 0. The second kappa shape index (κ2) is 12.2. The number of nitrogens with zero attached hydrogens (tertiary/aromatic N) is 3. The number of pyridine rings is 1. The molecule has 1 unspecified atom stereocenters. The molecule has 8 heteroatoms. The summed E-state index contributed by atoms with van der Waals surface area (Å²) < 4.78 is 11.3. The molecular weight excluding hydrogens is 494 g/mol. The molecule has 8 nitrogen and oxygen atoms in total. The summed E-state index contributed by atoms with van der Waals surface area (Å²) >= 11 is 0. The maximum Gasteiger partial charge on any atom is 0.295 e. The molecule has 2 saturated heterocycles. The van der Waals surface area contributed by atoms with Crippen LogP contribution in [0.5, 0.6) is 5.75 Å². The van der Waals surface area contributed by atoms with Crippen LogP contribution in [-0.2, 0) is 20.9 Å². The van der Waals surface area contributed by atoms with Crippen molar-refractivity contribution in [2.45, 2.75) is 26.0 Å². The standard InChI is InChI=1S/C31H33N3O5/c1-22-20-25(39-21-23-6-3-2-4-7-23)8-9-26(22)29(35)27-28(24-10-12-32-13-11-24)34(31(37)30(27)36)15-5-14-33-16-18-38-19-17-33/h2-4,6-13,20,28,35H,5,14-19,21H2,1H3/b29-27+. The lowest BCUT2D eigenvalue weighted by molar-refractivity contribution is -0.140. The number of aliphatic hydroxyl groups excluding tert-OH is 1. The van der Waals surface area contributed by atoms with Gasteiger partial charge in [0.05, 0.1) is 24.8 Å². The van der Waals surface area contributed by atoms with Crippen LogP contribution >= 0.6 is 0 Å². The van der Waals surface area contributed by atoms with Crippen LogP contribution in [0.2, 0.25) is 0 Å². The molecule has 2 aromatic carbocycles. The molecule has 39 heavy (non-hydrogen) atoms. The van der Waals surface area contributed by atoms with E-state index in [-0.39, 0.29) is 11.3 Å². The van der Waals surface area contributed by atoms with E-state index in [0.717, 1.165) is 36.3 Å². The van der Waals surface area contributed by atoms with Crippen molar-refractivity contribution < 1.29 is 24.2 Å². The predicted molar refractivity (Wildman–Crippen MR) is 147 cm³/mol. The lowest BCUT2D eigenvalue weighted by Crippen LogP contribution is -2.38. The molecule has 5 rings (SSSR count). The monoisotopic (exact) mass is 527 g/mol. The van der Waals surface area contributed by atoms with E-state index in [9.17, 15) is 14.7 Å². The Morgan fingerprint density at radius 1 is 1.03 bits per heavy atom. The zero-order valence-electron chi connectivity index (χ0n) is 22.1. The fourth-order valence-corrected chi connectivity index (χ4v) is 5.17. The molecule has 1 atom stereocenters. The number of rotatable bonds is 9. The highest BCUT2D eigenvalue weighted by atomic mass is 16.5. The van der Waals surface area contributed by atoms with Gasteiger partial charge in [0.25, 0.3) is 11.7 Å². The fourth-order valence-electron chi connectivity index (χ4n) is 5.17. The van der Waals surface area contributed by atoms with E-state index < -0.39 is 17.7 Å². The molecule has 3 heterocycles. The Kier molecular flexibility index (Phi) is 8.34. The summed E-state index contributed by atoms with van der Waals surface area (Å²) in [6, 6.07) is 18.1. The SMILES string of the molecule is Cc1cc(OCc2ccccc2)ccc1/C(O)=C1\C(=O)C(=O)N(CCCN2CCOCC2)C1c1ccncc1. The minimum atomic E-state index is -0.689. The van der Waals surface area contributed by atoms with E-state index in [1.54, 1.807) is 41.6 Å².